The minimum atomic E-state index is -0.410. The van der Waals surface area contributed by atoms with Crippen LogP contribution in [0.1, 0.15) is 28.9 Å². The van der Waals surface area contributed by atoms with E-state index < -0.39 is 5.97 Å². The third-order valence-corrected chi connectivity index (χ3v) is 6.81. The lowest BCUT2D eigenvalue weighted by Gasteiger charge is -2.19. The van der Waals surface area contributed by atoms with Gasteiger partial charge in [-0.15, -0.1) is 11.3 Å². The van der Waals surface area contributed by atoms with Crippen LogP contribution in [0.4, 0.5) is 5.69 Å². The molecule has 6 heteroatoms. The second kappa shape index (κ2) is 5.77. The lowest BCUT2D eigenvalue weighted by molar-refractivity contribution is -0.123. The number of thiophene rings is 1. The molecule has 2 saturated carbocycles. The van der Waals surface area contributed by atoms with Crippen LogP contribution >= 0.6 is 11.3 Å². The summed E-state index contributed by atoms with van der Waals surface area (Å²) in [6, 6.07) is 10.1. The summed E-state index contributed by atoms with van der Waals surface area (Å²) in [4.78, 5) is 39.5. The number of ether oxygens (including phenoxy) is 1. The zero-order valence-corrected chi connectivity index (χ0v) is 14.8. The molecule has 2 aliphatic carbocycles. The third kappa shape index (κ3) is 2.25. The molecule has 132 valence electrons. The van der Waals surface area contributed by atoms with E-state index in [2.05, 4.69) is 0 Å². The number of carbonyl (C=O) groups is 3. The molecule has 3 fully saturated rings. The van der Waals surface area contributed by atoms with E-state index in [1.165, 1.54) is 16.2 Å². The maximum atomic E-state index is 12.8. The first-order valence-electron chi connectivity index (χ1n) is 8.87. The molecule has 3 aliphatic rings. The van der Waals surface area contributed by atoms with Gasteiger partial charge in [-0.1, -0.05) is 6.07 Å². The topological polar surface area (TPSA) is 63.7 Å². The largest absolute Gasteiger partial charge is 0.422 e. The van der Waals surface area contributed by atoms with Crippen LogP contribution in [-0.2, 0) is 9.59 Å². The fourth-order valence-electron chi connectivity index (χ4n) is 4.88. The molecule has 1 saturated heterocycles. The molecule has 5 nitrogen and oxygen atoms in total. The van der Waals surface area contributed by atoms with Crippen LogP contribution < -0.4 is 9.64 Å². The number of fused-ring (bicyclic) bond motifs is 5. The average molecular weight is 367 g/mol. The molecule has 0 N–H and O–H groups in total. The van der Waals surface area contributed by atoms with E-state index in [9.17, 15) is 14.4 Å². The van der Waals surface area contributed by atoms with Crippen molar-refractivity contribution in [2.45, 2.75) is 19.3 Å². The summed E-state index contributed by atoms with van der Waals surface area (Å²) in [7, 11) is 0. The Balaban J connectivity index is 1.36. The third-order valence-electron chi connectivity index (χ3n) is 5.96. The molecular weight excluding hydrogens is 350 g/mol. The van der Waals surface area contributed by atoms with Gasteiger partial charge in [0.25, 0.3) is 0 Å². The van der Waals surface area contributed by atoms with Gasteiger partial charge in [-0.05, 0) is 66.8 Å². The highest BCUT2D eigenvalue weighted by Gasteiger charge is 2.61. The first-order chi connectivity index (χ1) is 12.6. The molecule has 26 heavy (non-hydrogen) atoms. The van der Waals surface area contributed by atoms with E-state index in [0.29, 0.717) is 28.1 Å². The predicted octanol–water partition coefficient (Wildman–Crippen LogP) is 3.50. The lowest BCUT2D eigenvalue weighted by Crippen LogP contribution is -2.32. The zero-order valence-electron chi connectivity index (χ0n) is 14.0. The number of nitrogens with zero attached hydrogens (tertiary/aromatic N) is 1. The molecule has 4 atom stereocenters. The predicted molar refractivity (Wildman–Crippen MR) is 96.0 cm³/mol. The van der Waals surface area contributed by atoms with Crippen LogP contribution in [0, 0.1) is 23.7 Å². The van der Waals surface area contributed by atoms with Gasteiger partial charge in [-0.2, -0.15) is 0 Å². The molecule has 0 unspecified atom stereocenters. The van der Waals surface area contributed by atoms with Gasteiger partial charge in [0.1, 0.15) is 10.6 Å². The summed E-state index contributed by atoms with van der Waals surface area (Å²) in [5.41, 5.74) is 0.560. The molecular formula is C20H17NO4S. The fraction of sp³-hybridized carbons (Fsp3) is 0.350. The van der Waals surface area contributed by atoms with Crippen LogP contribution in [0.2, 0.25) is 0 Å². The fourth-order valence-corrected chi connectivity index (χ4v) is 5.48. The molecule has 1 aliphatic heterocycles. The second-order valence-corrected chi connectivity index (χ2v) is 8.21. The summed E-state index contributed by atoms with van der Waals surface area (Å²) < 4.78 is 5.33. The number of benzene rings is 1. The van der Waals surface area contributed by atoms with Crippen molar-refractivity contribution in [3.63, 3.8) is 0 Å². The van der Waals surface area contributed by atoms with Gasteiger partial charge in [0.05, 0.1) is 17.5 Å². The maximum Gasteiger partial charge on any atom is 0.353 e. The number of imide groups is 1. The second-order valence-electron chi connectivity index (χ2n) is 7.26. The first kappa shape index (κ1) is 15.8. The Morgan fingerprint density at radius 3 is 2.23 bits per heavy atom. The SMILES string of the molecule is O=C(Oc1ccc(N2C(=O)[C@@H]3[C@H]4CC[C@@H](C4)[C@@H]3C2=O)cc1)c1cccs1. The van der Waals surface area contributed by atoms with Crippen LogP contribution in [0.3, 0.4) is 0 Å². The molecule has 0 radical (unpaired) electrons. The van der Waals surface area contributed by atoms with Crippen LogP contribution in [-0.4, -0.2) is 17.8 Å². The molecule has 5 rings (SSSR count). The molecule has 2 bridgehead atoms. The van der Waals surface area contributed by atoms with Crippen LogP contribution in [0.15, 0.2) is 41.8 Å². The van der Waals surface area contributed by atoms with E-state index in [4.69, 9.17) is 4.74 Å². The van der Waals surface area contributed by atoms with Crippen molar-refractivity contribution in [1.82, 2.24) is 0 Å². The van der Waals surface area contributed by atoms with Crippen molar-refractivity contribution in [2.24, 2.45) is 23.7 Å². The smallest absolute Gasteiger partial charge is 0.353 e. The molecule has 1 aromatic heterocycles. The van der Waals surface area contributed by atoms with E-state index in [1.807, 2.05) is 5.38 Å². The number of esters is 1. The number of anilines is 1. The van der Waals surface area contributed by atoms with E-state index in [0.717, 1.165) is 19.3 Å². The van der Waals surface area contributed by atoms with Gasteiger partial charge in [0, 0.05) is 0 Å². The zero-order chi connectivity index (χ0) is 17.8. The summed E-state index contributed by atoms with van der Waals surface area (Å²) in [6.45, 7) is 0. The average Bonchev–Trinajstić information content (AvgIpc) is 3.41. The first-order valence-corrected chi connectivity index (χ1v) is 9.75. The highest BCUT2D eigenvalue weighted by atomic mass is 32.1. The van der Waals surface area contributed by atoms with Crippen molar-refractivity contribution < 1.29 is 19.1 Å². The Kier molecular flexibility index (Phi) is 3.50. The van der Waals surface area contributed by atoms with Crippen molar-refractivity contribution in [3.05, 3.63) is 46.7 Å². The number of hydrogen-bond donors (Lipinski definition) is 0. The standard InChI is InChI=1S/C20H17NO4S/c22-18-16-11-3-4-12(10-11)17(16)19(23)21(18)13-5-7-14(8-6-13)25-20(24)15-2-1-9-26-15/h1-2,5-9,11-12,16-17H,3-4,10H2/t11-,12-,16-,17+/m0/s1. The Morgan fingerprint density at radius 1 is 1.00 bits per heavy atom. The summed E-state index contributed by atoms with van der Waals surface area (Å²) >= 11 is 1.32. The van der Waals surface area contributed by atoms with Crippen molar-refractivity contribution >= 4 is 34.8 Å². The molecule has 2 heterocycles. The van der Waals surface area contributed by atoms with Gasteiger partial charge in [-0.25, -0.2) is 4.79 Å². The summed E-state index contributed by atoms with van der Waals surface area (Å²) in [5, 5.41) is 1.81. The molecule has 1 aromatic carbocycles. The molecule has 2 aromatic rings. The summed E-state index contributed by atoms with van der Waals surface area (Å²) in [5.74, 6) is 0.356. The number of hydrogen-bond acceptors (Lipinski definition) is 5. The van der Waals surface area contributed by atoms with E-state index in [1.54, 1.807) is 36.4 Å². The quantitative estimate of drug-likeness (QED) is 0.473. The van der Waals surface area contributed by atoms with Gasteiger partial charge < -0.3 is 4.74 Å². The van der Waals surface area contributed by atoms with Crippen molar-refractivity contribution in [1.29, 1.82) is 0 Å². The van der Waals surface area contributed by atoms with Crippen molar-refractivity contribution in [3.8, 4) is 5.75 Å². The Labute approximate surface area is 154 Å². The maximum absolute atomic E-state index is 12.8. The number of rotatable bonds is 3. The molecule has 2 amide bonds. The minimum Gasteiger partial charge on any atom is -0.422 e. The van der Waals surface area contributed by atoms with Crippen LogP contribution in [0.25, 0.3) is 0 Å². The monoisotopic (exact) mass is 367 g/mol. The summed E-state index contributed by atoms with van der Waals surface area (Å²) in [6.07, 6.45) is 3.16. The minimum absolute atomic E-state index is 0.0597. The van der Waals surface area contributed by atoms with Crippen LogP contribution in [0.5, 0.6) is 5.75 Å². The lowest BCUT2D eigenvalue weighted by atomic mass is 9.81. The van der Waals surface area contributed by atoms with E-state index >= 15 is 0 Å². The molecule has 0 spiro atoms. The Bertz CT molecular complexity index is 861. The van der Waals surface area contributed by atoms with Gasteiger partial charge in [0.15, 0.2) is 0 Å². The number of carbonyl (C=O) groups excluding carboxylic acids is 3. The Morgan fingerprint density at radius 2 is 1.65 bits per heavy atom. The van der Waals surface area contributed by atoms with Crippen molar-refractivity contribution in [2.75, 3.05) is 4.90 Å². The highest BCUT2D eigenvalue weighted by Crippen LogP contribution is 2.56. The Hall–Kier alpha value is -2.47. The highest BCUT2D eigenvalue weighted by molar-refractivity contribution is 7.12. The van der Waals surface area contributed by atoms with E-state index in [-0.39, 0.29) is 23.7 Å². The van der Waals surface area contributed by atoms with Gasteiger partial charge in [0.2, 0.25) is 11.8 Å². The van der Waals surface area contributed by atoms with Gasteiger partial charge in [-0.3, -0.25) is 14.5 Å². The number of amides is 2. The normalized spacial score (nSPS) is 29.3. The van der Waals surface area contributed by atoms with Gasteiger partial charge >= 0.3 is 5.97 Å².